The first-order valence-electron chi connectivity index (χ1n) is 7.77. The Kier molecular flexibility index (Phi) is 3.47. The molecule has 24 heavy (non-hydrogen) atoms. The molecule has 3 aromatic rings. The number of halogens is 1. The van der Waals surface area contributed by atoms with Crippen LogP contribution in [0.25, 0.3) is 17.0 Å². The quantitative estimate of drug-likeness (QED) is 0.662. The van der Waals surface area contributed by atoms with Gasteiger partial charge in [-0.1, -0.05) is 17.2 Å². The average molecular weight is 338 g/mol. The Bertz CT molecular complexity index is 997. The van der Waals surface area contributed by atoms with Crippen molar-refractivity contribution in [2.24, 2.45) is 0 Å². The summed E-state index contributed by atoms with van der Waals surface area (Å²) in [6.07, 6.45) is 2.95. The molecule has 3 nitrogen and oxygen atoms in total. The van der Waals surface area contributed by atoms with Crippen molar-refractivity contribution in [2.45, 2.75) is 13.3 Å². The fraction of sp³-hybridized carbons (Fsp3) is 0.150. The van der Waals surface area contributed by atoms with E-state index < -0.39 is 0 Å². The molecular formula is C20H16ClNO2. The monoisotopic (exact) mass is 337 g/mol. The zero-order chi connectivity index (χ0) is 16.8. The number of benzene rings is 2. The highest BCUT2D eigenvalue weighted by Crippen LogP contribution is 2.36. The molecule has 0 spiro atoms. The second-order valence-electron chi connectivity index (χ2n) is 6.06. The van der Waals surface area contributed by atoms with E-state index in [1.165, 1.54) is 11.1 Å². The van der Waals surface area contributed by atoms with E-state index in [2.05, 4.69) is 13.0 Å². The molecule has 0 saturated carbocycles. The van der Waals surface area contributed by atoms with E-state index in [4.69, 9.17) is 16.3 Å². The molecule has 2 aromatic carbocycles. The molecule has 4 heteroatoms. The lowest BCUT2D eigenvalue weighted by Crippen LogP contribution is -2.13. The highest BCUT2D eigenvalue weighted by atomic mass is 35.5. The summed E-state index contributed by atoms with van der Waals surface area (Å²) >= 11 is 5.94. The van der Waals surface area contributed by atoms with Gasteiger partial charge in [-0.3, -0.25) is 9.36 Å². The molecule has 1 heterocycles. The van der Waals surface area contributed by atoms with E-state index in [0.29, 0.717) is 10.6 Å². The maximum Gasteiger partial charge on any atom is 0.262 e. The molecular weight excluding hydrogens is 322 g/mol. The lowest BCUT2D eigenvalue weighted by atomic mass is 10.1. The van der Waals surface area contributed by atoms with Crippen molar-refractivity contribution in [3.05, 3.63) is 69.9 Å². The minimum atomic E-state index is -0.0472. The molecule has 4 rings (SSSR count). The van der Waals surface area contributed by atoms with Gasteiger partial charge in [0.15, 0.2) is 0 Å². The third-order valence-electron chi connectivity index (χ3n) is 4.45. The van der Waals surface area contributed by atoms with Gasteiger partial charge < -0.3 is 4.74 Å². The highest BCUT2D eigenvalue weighted by Gasteiger charge is 2.24. The topological polar surface area (TPSA) is 31.2 Å². The van der Waals surface area contributed by atoms with Gasteiger partial charge in [-0.2, -0.15) is 0 Å². The molecule has 1 aliphatic carbocycles. The van der Waals surface area contributed by atoms with Crippen molar-refractivity contribution < 1.29 is 9.53 Å². The van der Waals surface area contributed by atoms with Crippen LogP contribution in [-0.4, -0.2) is 17.6 Å². The summed E-state index contributed by atoms with van der Waals surface area (Å²) in [6, 6.07) is 12.8. The van der Waals surface area contributed by atoms with Crippen molar-refractivity contribution in [2.75, 3.05) is 7.11 Å². The first kappa shape index (κ1) is 15.0. The molecule has 0 bridgehead atoms. The van der Waals surface area contributed by atoms with Gasteiger partial charge in [-0.05, 0) is 67.4 Å². The van der Waals surface area contributed by atoms with Crippen molar-refractivity contribution >= 4 is 34.5 Å². The van der Waals surface area contributed by atoms with E-state index in [9.17, 15) is 4.79 Å². The van der Waals surface area contributed by atoms with E-state index in [-0.39, 0.29) is 5.91 Å². The number of carbonyl (C=O) groups is 1. The summed E-state index contributed by atoms with van der Waals surface area (Å²) in [6.45, 7) is 2.09. The first-order chi connectivity index (χ1) is 11.6. The van der Waals surface area contributed by atoms with Gasteiger partial charge in [0.05, 0.1) is 18.3 Å². The number of allylic oxidation sites excluding steroid dienone is 1. The first-order valence-corrected chi connectivity index (χ1v) is 8.15. The smallest absolute Gasteiger partial charge is 0.262 e. The number of carbonyl (C=O) groups excluding carboxylic acids is 1. The van der Waals surface area contributed by atoms with Crippen LogP contribution in [0.5, 0.6) is 5.75 Å². The molecule has 0 unspecified atom stereocenters. The fourth-order valence-electron chi connectivity index (χ4n) is 3.32. The van der Waals surface area contributed by atoms with Gasteiger partial charge in [0, 0.05) is 16.0 Å². The van der Waals surface area contributed by atoms with Crippen LogP contribution in [0.2, 0.25) is 5.02 Å². The fourth-order valence-corrected chi connectivity index (χ4v) is 3.45. The minimum absolute atomic E-state index is 0.0472. The van der Waals surface area contributed by atoms with Crippen molar-refractivity contribution in [1.82, 2.24) is 4.57 Å². The van der Waals surface area contributed by atoms with Crippen LogP contribution in [0, 0.1) is 0 Å². The van der Waals surface area contributed by atoms with E-state index in [0.717, 1.165) is 28.8 Å². The Morgan fingerprint density at radius 1 is 1.17 bits per heavy atom. The molecule has 0 saturated heterocycles. The van der Waals surface area contributed by atoms with Gasteiger partial charge in [0.25, 0.3) is 5.91 Å². The van der Waals surface area contributed by atoms with Gasteiger partial charge >= 0.3 is 0 Å². The Balaban J connectivity index is 1.96. The molecule has 0 atom stereocenters. The molecule has 0 N–H and O–H groups in total. The number of nitrogens with zero attached hydrogens (tertiary/aromatic N) is 1. The SMILES string of the molecule is COc1ccc2c(c1)c1c(n2C(=O)c2ccc(Cl)cc2)C=C(C)C1. The van der Waals surface area contributed by atoms with Crippen LogP contribution in [0.15, 0.2) is 48.0 Å². The molecule has 0 amide bonds. The lowest BCUT2D eigenvalue weighted by Gasteiger charge is -2.08. The number of hydrogen-bond acceptors (Lipinski definition) is 2. The van der Waals surface area contributed by atoms with E-state index in [1.54, 1.807) is 35.9 Å². The Hall–Kier alpha value is -2.52. The van der Waals surface area contributed by atoms with E-state index >= 15 is 0 Å². The summed E-state index contributed by atoms with van der Waals surface area (Å²) in [5, 5.41) is 1.69. The zero-order valence-electron chi connectivity index (χ0n) is 13.5. The van der Waals surface area contributed by atoms with Gasteiger partial charge in [-0.25, -0.2) is 0 Å². The average Bonchev–Trinajstić information content (AvgIpc) is 3.09. The number of rotatable bonds is 2. The molecule has 120 valence electrons. The normalized spacial score (nSPS) is 13.0. The van der Waals surface area contributed by atoms with Crippen molar-refractivity contribution in [3.63, 3.8) is 0 Å². The predicted octanol–water partition coefficient (Wildman–Crippen LogP) is 4.95. The third-order valence-corrected chi connectivity index (χ3v) is 4.70. The van der Waals surface area contributed by atoms with Crippen molar-refractivity contribution in [1.29, 1.82) is 0 Å². The summed E-state index contributed by atoms with van der Waals surface area (Å²) < 4.78 is 7.15. The van der Waals surface area contributed by atoms with Crippen LogP contribution in [0.4, 0.5) is 0 Å². The number of hydrogen-bond donors (Lipinski definition) is 0. The van der Waals surface area contributed by atoms with Gasteiger partial charge in [0.1, 0.15) is 5.75 Å². The van der Waals surface area contributed by atoms with Gasteiger partial charge in [-0.15, -0.1) is 0 Å². The lowest BCUT2D eigenvalue weighted by molar-refractivity contribution is 0.0964. The summed E-state index contributed by atoms with van der Waals surface area (Å²) in [7, 11) is 1.65. The Morgan fingerprint density at radius 2 is 1.92 bits per heavy atom. The maximum absolute atomic E-state index is 13.1. The minimum Gasteiger partial charge on any atom is -0.497 e. The van der Waals surface area contributed by atoms with Crippen LogP contribution >= 0.6 is 11.6 Å². The highest BCUT2D eigenvalue weighted by molar-refractivity contribution is 6.30. The molecule has 1 aromatic heterocycles. The van der Waals surface area contributed by atoms with Crippen LogP contribution < -0.4 is 4.74 Å². The largest absolute Gasteiger partial charge is 0.497 e. The molecule has 0 radical (unpaired) electrons. The van der Waals surface area contributed by atoms with Crippen LogP contribution in [-0.2, 0) is 6.42 Å². The van der Waals surface area contributed by atoms with Crippen LogP contribution in [0.1, 0.15) is 28.5 Å². The number of methoxy groups -OCH3 is 1. The summed E-state index contributed by atoms with van der Waals surface area (Å²) in [4.78, 5) is 13.1. The van der Waals surface area contributed by atoms with E-state index in [1.807, 2.05) is 18.2 Å². The third kappa shape index (κ3) is 2.24. The molecule has 0 fully saturated rings. The summed E-state index contributed by atoms with van der Waals surface area (Å²) in [5.41, 5.74) is 4.93. The predicted molar refractivity (Wildman–Crippen MR) is 97.0 cm³/mol. The number of aromatic nitrogens is 1. The second kappa shape index (κ2) is 5.53. The number of ether oxygens (including phenoxy) is 1. The van der Waals surface area contributed by atoms with Crippen LogP contribution in [0.3, 0.4) is 0 Å². The Labute approximate surface area is 145 Å². The Morgan fingerprint density at radius 3 is 2.62 bits per heavy atom. The van der Waals surface area contributed by atoms with Gasteiger partial charge in [0.2, 0.25) is 0 Å². The molecule has 0 aliphatic heterocycles. The van der Waals surface area contributed by atoms with Crippen molar-refractivity contribution in [3.8, 4) is 5.75 Å². The summed E-state index contributed by atoms with van der Waals surface area (Å²) in [5.74, 6) is 0.750. The second-order valence-corrected chi connectivity index (χ2v) is 6.50. The zero-order valence-corrected chi connectivity index (χ0v) is 14.2. The standard InChI is InChI=1S/C20H16ClNO2/c1-12-9-16-17-11-15(24-2)7-8-18(17)22(19(16)10-12)20(23)13-3-5-14(21)6-4-13/h3-8,10-11H,9H2,1-2H3. The molecule has 1 aliphatic rings. The maximum atomic E-state index is 13.1. The number of fused-ring (bicyclic) bond motifs is 3.